The first-order chi connectivity index (χ1) is 15.5. The molecule has 174 valence electrons. The fourth-order valence-corrected chi connectivity index (χ4v) is 3.53. The van der Waals surface area contributed by atoms with Gasteiger partial charge in [0, 0.05) is 40.0 Å². The van der Waals surface area contributed by atoms with Crippen molar-refractivity contribution in [3.8, 4) is 5.75 Å². The van der Waals surface area contributed by atoms with E-state index in [1.165, 1.54) is 12.1 Å². The Morgan fingerprint density at radius 3 is 2.31 bits per heavy atom. The van der Waals surface area contributed by atoms with Crippen molar-refractivity contribution in [3.05, 3.63) is 29.3 Å². The van der Waals surface area contributed by atoms with Crippen molar-refractivity contribution in [1.82, 2.24) is 10.2 Å². The van der Waals surface area contributed by atoms with Crippen LogP contribution in [-0.2, 0) is 23.8 Å². The average molecular weight is 448 g/mol. The number of methoxy groups -OCH3 is 1. The van der Waals surface area contributed by atoms with Gasteiger partial charge in [-0.1, -0.05) is 0 Å². The molecule has 1 N–H and O–H groups in total. The van der Waals surface area contributed by atoms with Crippen LogP contribution in [0.5, 0.6) is 5.75 Å². The van der Waals surface area contributed by atoms with Crippen LogP contribution in [0.4, 0.5) is 0 Å². The predicted octanol–water partition coefficient (Wildman–Crippen LogP) is 0.926. The minimum absolute atomic E-state index is 0.0815. The second-order valence-corrected chi connectivity index (χ2v) is 7.43. The van der Waals surface area contributed by atoms with Gasteiger partial charge in [0.05, 0.1) is 17.7 Å². The Balaban J connectivity index is 1.42. The molecule has 1 fully saturated rings. The molecule has 4 amide bonds. The lowest BCUT2D eigenvalue weighted by atomic mass is 10.0. The maximum atomic E-state index is 12.8. The van der Waals surface area contributed by atoms with Crippen LogP contribution in [0.15, 0.2) is 18.2 Å². The van der Waals surface area contributed by atoms with E-state index >= 15 is 0 Å². The summed E-state index contributed by atoms with van der Waals surface area (Å²) in [6.45, 7) is 3.17. The van der Waals surface area contributed by atoms with Crippen molar-refractivity contribution in [2.45, 2.75) is 31.7 Å². The van der Waals surface area contributed by atoms with E-state index < -0.39 is 29.7 Å². The molecule has 2 aliphatic rings. The number of rotatable bonds is 13. The van der Waals surface area contributed by atoms with Crippen molar-refractivity contribution in [1.29, 1.82) is 0 Å². The van der Waals surface area contributed by atoms with Crippen molar-refractivity contribution in [2.75, 3.05) is 46.8 Å². The van der Waals surface area contributed by atoms with Gasteiger partial charge in [-0.15, -0.1) is 0 Å². The Labute approximate surface area is 186 Å². The second-order valence-electron chi connectivity index (χ2n) is 7.43. The van der Waals surface area contributed by atoms with E-state index in [1.54, 1.807) is 13.2 Å². The van der Waals surface area contributed by atoms with Crippen LogP contribution in [0, 0.1) is 0 Å². The first kappa shape index (κ1) is 23.8. The van der Waals surface area contributed by atoms with Crippen LogP contribution in [-0.4, -0.2) is 81.3 Å². The van der Waals surface area contributed by atoms with Crippen LogP contribution in [0.2, 0.25) is 0 Å². The topological polar surface area (TPSA) is 120 Å². The van der Waals surface area contributed by atoms with Crippen molar-refractivity contribution in [3.63, 3.8) is 0 Å². The van der Waals surface area contributed by atoms with Gasteiger partial charge in [-0.25, -0.2) is 0 Å². The number of piperidine rings is 1. The number of nitrogens with one attached hydrogen (secondary N) is 1. The highest BCUT2D eigenvalue weighted by Gasteiger charge is 2.44. The zero-order chi connectivity index (χ0) is 22.9. The van der Waals surface area contributed by atoms with Gasteiger partial charge in [0.15, 0.2) is 0 Å². The molecule has 1 aromatic carbocycles. The van der Waals surface area contributed by atoms with Crippen LogP contribution in [0.3, 0.4) is 0 Å². The highest BCUT2D eigenvalue weighted by atomic mass is 16.5. The molecule has 1 saturated heterocycles. The summed E-state index contributed by atoms with van der Waals surface area (Å²) in [5, 5.41) is 2.17. The largest absolute Gasteiger partial charge is 0.491 e. The summed E-state index contributed by atoms with van der Waals surface area (Å²) >= 11 is 0. The molecule has 1 unspecified atom stereocenters. The number of hydrogen-bond acceptors (Lipinski definition) is 8. The van der Waals surface area contributed by atoms with Gasteiger partial charge in [0.2, 0.25) is 11.8 Å². The standard InChI is InChI=1S/C22H28N2O8/c1-29-8-2-9-30-10-3-11-31-12-13-32-15-4-5-16-17(14-15)22(28)24(21(16)27)18-6-7-19(25)23-20(18)26/h4-5,14,18H,2-3,6-13H2,1H3,(H,23,25,26). The number of carbonyl (C=O) groups excluding carboxylic acids is 4. The molecule has 0 bridgehead atoms. The molecule has 32 heavy (non-hydrogen) atoms. The Morgan fingerprint density at radius 2 is 1.59 bits per heavy atom. The molecule has 3 rings (SSSR count). The van der Waals surface area contributed by atoms with E-state index in [4.69, 9.17) is 18.9 Å². The summed E-state index contributed by atoms with van der Waals surface area (Å²) < 4.78 is 21.5. The number of carbonyl (C=O) groups is 4. The van der Waals surface area contributed by atoms with Crippen LogP contribution in [0.1, 0.15) is 46.4 Å². The molecule has 10 nitrogen and oxygen atoms in total. The molecule has 2 aliphatic heterocycles. The fraction of sp³-hybridized carbons (Fsp3) is 0.545. The summed E-state index contributed by atoms with van der Waals surface area (Å²) in [5.41, 5.74) is 0.400. The Bertz CT molecular complexity index is 856. The zero-order valence-electron chi connectivity index (χ0n) is 18.1. The predicted molar refractivity (Wildman–Crippen MR) is 111 cm³/mol. The van der Waals surface area contributed by atoms with E-state index in [1.807, 2.05) is 0 Å². The first-order valence-corrected chi connectivity index (χ1v) is 10.7. The normalized spacial score (nSPS) is 18.2. The number of nitrogens with zero attached hydrogens (tertiary/aromatic N) is 1. The summed E-state index contributed by atoms with van der Waals surface area (Å²) in [4.78, 5) is 49.8. The number of imide groups is 2. The third-order valence-corrected chi connectivity index (χ3v) is 5.12. The van der Waals surface area contributed by atoms with Gasteiger partial charge in [-0.2, -0.15) is 0 Å². The lowest BCUT2D eigenvalue weighted by Crippen LogP contribution is -2.54. The van der Waals surface area contributed by atoms with Gasteiger partial charge in [0.1, 0.15) is 18.4 Å². The number of benzene rings is 1. The Morgan fingerprint density at radius 1 is 0.906 bits per heavy atom. The molecule has 10 heteroatoms. The van der Waals surface area contributed by atoms with E-state index in [9.17, 15) is 19.2 Å². The molecule has 1 atom stereocenters. The number of fused-ring (bicyclic) bond motifs is 1. The molecule has 0 aliphatic carbocycles. The molecular weight excluding hydrogens is 420 g/mol. The lowest BCUT2D eigenvalue weighted by molar-refractivity contribution is -0.136. The van der Waals surface area contributed by atoms with Gasteiger partial charge in [-0.05, 0) is 37.5 Å². The van der Waals surface area contributed by atoms with Crippen molar-refractivity contribution >= 4 is 23.6 Å². The number of hydrogen-bond donors (Lipinski definition) is 1. The van der Waals surface area contributed by atoms with Crippen LogP contribution >= 0.6 is 0 Å². The smallest absolute Gasteiger partial charge is 0.262 e. The molecule has 0 aromatic heterocycles. The fourth-order valence-electron chi connectivity index (χ4n) is 3.53. The third-order valence-electron chi connectivity index (χ3n) is 5.12. The highest BCUT2D eigenvalue weighted by Crippen LogP contribution is 2.30. The molecule has 0 saturated carbocycles. The zero-order valence-corrected chi connectivity index (χ0v) is 18.1. The Hall–Kier alpha value is -2.82. The third kappa shape index (κ3) is 5.90. The summed E-state index contributed by atoms with van der Waals surface area (Å²) in [6.07, 6.45) is 1.84. The minimum Gasteiger partial charge on any atom is -0.491 e. The van der Waals surface area contributed by atoms with Crippen LogP contribution < -0.4 is 10.1 Å². The van der Waals surface area contributed by atoms with Crippen molar-refractivity contribution in [2.24, 2.45) is 0 Å². The SMILES string of the molecule is COCCCOCCCOCCOc1ccc2c(c1)C(=O)N(C1CCC(=O)NC1=O)C2=O. The highest BCUT2D eigenvalue weighted by molar-refractivity contribution is 6.23. The maximum absolute atomic E-state index is 12.8. The Kier molecular flexibility index (Phi) is 8.72. The number of amides is 4. The molecule has 1 aromatic rings. The molecule has 2 heterocycles. The number of ether oxygens (including phenoxy) is 4. The second kappa shape index (κ2) is 11.7. The lowest BCUT2D eigenvalue weighted by Gasteiger charge is -2.27. The van der Waals surface area contributed by atoms with Crippen molar-refractivity contribution < 1.29 is 38.1 Å². The van der Waals surface area contributed by atoms with Gasteiger partial charge >= 0.3 is 0 Å². The van der Waals surface area contributed by atoms with E-state index in [2.05, 4.69) is 5.32 Å². The van der Waals surface area contributed by atoms with Gasteiger partial charge in [0.25, 0.3) is 11.8 Å². The molecule has 0 spiro atoms. The van der Waals surface area contributed by atoms with E-state index in [0.717, 1.165) is 17.7 Å². The summed E-state index contributed by atoms with van der Waals surface area (Å²) in [7, 11) is 1.66. The summed E-state index contributed by atoms with van der Waals surface area (Å²) in [5.74, 6) is -1.72. The van der Waals surface area contributed by atoms with Gasteiger partial charge < -0.3 is 18.9 Å². The van der Waals surface area contributed by atoms with Crippen LogP contribution in [0.25, 0.3) is 0 Å². The summed E-state index contributed by atoms with van der Waals surface area (Å²) in [6, 6.07) is 3.63. The first-order valence-electron chi connectivity index (χ1n) is 10.7. The molecule has 0 radical (unpaired) electrons. The monoisotopic (exact) mass is 448 g/mol. The molecular formula is C22H28N2O8. The van der Waals surface area contributed by atoms with E-state index in [-0.39, 0.29) is 30.6 Å². The minimum atomic E-state index is -0.984. The quantitative estimate of drug-likeness (QED) is 0.349. The van der Waals surface area contributed by atoms with Gasteiger partial charge in [-0.3, -0.25) is 29.4 Å². The van der Waals surface area contributed by atoms with E-state index in [0.29, 0.717) is 38.8 Å². The average Bonchev–Trinajstić information content (AvgIpc) is 3.02. The maximum Gasteiger partial charge on any atom is 0.262 e.